The lowest BCUT2D eigenvalue weighted by Gasteiger charge is -2.15. The van der Waals surface area contributed by atoms with Crippen molar-refractivity contribution in [3.63, 3.8) is 0 Å². The van der Waals surface area contributed by atoms with Crippen LogP contribution < -0.4 is 0 Å². The maximum atomic E-state index is 12.7. The van der Waals surface area contributed by atoms with E-state index in [-0.39, 0.29) is 0 Å². The number of carbonyl (C=O) groups is 2. The number of esters is 2. The molecule has 0 aliphatic rings. The summed E-state index contributed by atoms with van der Waals surface area (Å²) in [6, 6.07) is 1.40. The molecule has 0 aromatic heterocycles. The minimum atomic E-state index is -4.80. The van der Waals surface area contributed by atoms with Crippen LogP contribution in [0.2, 0.25) is 0 Å². The minimum absolute atomic E-state index is 0.358. The first-order chi connectivity index (χ1) is 10.1. The van der Waals surface area contributed by atoms with E-state index in [1.54, 1.807) is 0 Å². The van der Waals surface area contributed by atoms with Gasteiger partial charge in [-0.1, -0.05) is 0 Å². The summed E-state index contributed by atoms with van der Waals surface area (Å²) in [4.78, 5) is 33.2. The first-order valence-electron chi connectivity index (χ1n) is 5.64. The maximum absolute atomic E-state index is 12.7. The molecule has 22 heavy (non-hydrogen) atoms. The third-order valence-corrected chi connectivity index (χ3v) is 2.74. The van der Waals surface area contributed by atoms with Gasteiger partial charge in [0.2, 0.25) is 0 Å². The average Bonchev–Trinajstić information content (AvgIpc) is 2.45. The number of nitro groups is 1. The van der Waals surface area contributed by atoms with Crippen molar-refractivity contribution in [1.82, 2.24) is 0 Å². The summed E-state index contributed by atoms with van der Waals surface area (Å²) in [6.45, 7) is 0. The van der Waals surface area contributed by atoms with Gasteiger partial charge >= 0.3 is 18.1 Å². The van der Waals surface area contributed by atoms with E-state index in [0.29, 0.717) is 18.2 Å². The van der Waals surface area contributed by atoms with Crippen molar-refractivity contribution in [2.45, 2.75) is 12.1 Å². The van der Waals surface area contributed by atoms with E-state index < -0.39 is 45.8 Å². The Morgan fingerprint density at radius 3 is 2.05 bits per heavy atom. The zero-order valence-corrected chi connectivity index (χ0v) is 11.3. The van der Waals surface area contributed by atoms with E-state index in [9.17, 15) is 32.9 Å². The molecule has 0 N–H and O–H groups in total. The fourth-order valence-corrected chi connectivity index (χ4v) is 1.71. The van der Waals surface area contributed by atoms with Gasteiger partial charge in [-0.05, 0) is 12.1 Å². The summed E-state index contributed by atoms with van der Waals surface area (Å²) < 4.78 is 46.8. The lowest BCUT2D eigenvalue weighted by Crippen LogP contribution is -2.25. The van der Waals surface area contributed by atoms with E-state index in [1.165, 1.54) is 0 Å². The maximum Gasteiger partial charge on any atom is 0.416 e. The molecule has 0 atom stereocenters. The molecule has 0 aliphatic heterocycles. The highest BCUT2D eigenvalue weighted by atomic mass is 19.4. The van der Waals surface area contributed by atoms with Gasteiger partial charge in [-0.2, -0.15) is 13.2 Å². The highest BCUT2D eigenvalue weighted by Gasteiger charge is 2.39. The van der Waals surface area contributed by atoms with Crippen LogP contribution in [0.15, 0.2) is 18.2 Å². The zero-order chi connectivity index (χ0) is 17.1. The van der Waals surface area contributed by atoms with Crippen molar-refractivity contribution in [3.05, 3.63) is 39.4 Å². The number of ether oxygens (including phenoxy) is 2. The Kier molecular flexibility index (Phi) is 5.07. The number of nitro benzene ring substituents is 1. The quantitative estimate of drug-likeness (QED) is 0.364. The zero-order valence-electron chi connectivity index (χ0n) is 11.3. The number of carbonyl (C=O) groups excluding carboxylic acids is 2. The van der Waals surface area contributed by atoms with Gasteiger partial charge in [-0.3, -0.25) is 19.7 Å². The Bertz CT molecular complexity index is 597. The fraction of sp³-hybridized carbons (Fsp3) is 0.333. The first kappa shape index (κ1) is 17.4. The van der Waals surface area contributed by atoms with E-state index >= 15 is 0 Å². The van der Waals surface area contributed by atoms with E-state index in [0.717, 1.165) is 14.2 Å². The third kappa shape index (κ3) is 3.51. The number of halogens is 3. The lowest BCUT2D eigenvalue weighted by atomic mass is 9.95. The van der Waals surface area contributed by atoms with Crippen LogP contribution in [0.3, 0.4) is 0 Å². The van der Waals surface area contributed by atoms with Crippen molar-refractivity contribution in [1.29, 1.82) is 0 Å². The number of benzene rings is 1. The lowest BCUT2D eigenvalue weighted by molar-refractivity contribution is -0.385. The molecule has 1 aromatic rings. The molecule has 0 heterocycles. The standard InChI is InChI=1S/C12H10F3NO6/c1-21-10(17)9(11(18)22-2)7-5-6(12(13,14)15)3-4-8(7)16(19)20/h3-5,9H,1-2H3. The van der Waals surface area contributed by atoms with Crippen LogP contribution in [0.5, 0.6) is 0 Å². The number of rotatable bonds is 4. The molecule has 0 saturated carbocycles. The molecule has 0 unspecified atom stereocenters. The molecule has 0 amide bonds. The Morgan fingerprint density at radius 1 is 1.18 bits per heavy atom. The summed E-state index contributed by atoms with van der Waals surface area (Å²) in [5.41, 5.74) is -2.82. The van der Waals surface area contributed by atoms with Crippen LogP contribution in [0.25, 0.3) is 0 Å². The fourth-order valence-electron chi connectivity index (χ4n) is 1.71. The van der Waals surface area contributed by atoms with E-state index in [4.69, 9.17) is 0 Å². The van der Waals surface area contributed by atoms with Gasteiger partial charge in [0.15, 0.2) is 5.92 Å². The summed E-state index contributed by atoms with van der Waals surface area (Å²) in [7, 11) is 1.77. The van der Waals surface area contributed by atoms with Crippen molar-refractivity contribution in [2.75, 3.05) is 14.2 Å². The van der Waals surface area contributed by atoms with E-state index in [1.807, 2.05) is 0 Å². The van der Waals surface area contributed by atoms with E-state index in [2.05, 4.69) is 9.47 Å². The Balaban J connectivity index is 3.60. The predicted octanol–water partition coefficient (Wildman–Crippen LogP) is 2.04. The molecular formula is C12H10F3NO6. The molecule has 0 bridgehead atoms. The topological polar surface area (TPSA) is 95.7 Å². The summed E-state index contributed by atoms with van der Waals surface area (Å²) in [6.07, 6.45) is -4.80. The monoisotopic (exact) mass is 321 g/mol. The van der Waals surface area contributed by atoms with Crippen molar-refractivity contribution in [2.24, 2.45) is 0 Å². The SMILES string of the molecule is COC(=O)C(C(=O)OC)c1cc(C(F)(F)F)ccc1[N+](=O)[O-]. The van der Waals surface area contributed by atoms with Gasteiger partial charge in [-0.25, -0.2) is 0 Å². The van der Waals surface area contributed by atoms with Crippen LogP contribution in [0.1, 0.15) is 17.0 Å². The van der Waals surface area contributed by atoms with Crippen LogP contribution in [0, 0.1) is 10.1 Å². The Morgan fingerprint density at radius 2 is 1.68 bits per heavy atom. The van der Waals surface area contributed by atoms with Crippen LogP contribution in [0.4, 0.5) is 18.9 Å². The predicted molar refractivity (Wildman–Crippen MR) is 64.9 cm³/mol. The van der Waals surface area contributed by atoms with Crippen molar-refractivity contribution >= 4 is 17.6 Å². The molecule has 0 spiro atoms. The van der Waals surface area contributed by atoms with Crippen molar-refractivity contribution in [3.8, 4) is 0 Å². The van der Waals surface area contributed by atoms with Gasteiger partial charge in [-0.15, -0.1) is 0 Å². The third-order valence-electron chi connectivity index (χ3n) is 2.74. The minimum Gasteiger partial charge on any atom is -0.468 e. The Labute approximate surface area is 121 Å². The average molecular weight is 321 g/mol. The second-order valence-corrected chi connectivity index (χ2v) is 4.01. The summed E-state index contributed by atoms with van der Waals surface area (Å²) >= 11 is 0. The molecule has 0 saturated heterocycles. The second-order valence-electron chi connectivity index (χ2n) is 4.01. The molecule has 7 nitrogen and oxygen atoms in total. The number of methoxy groups -OCH3 is 2. The van der Waals surface area contributed by atoms with Gasteiger partial charge in [0.1, 0.15) is 0 Å². The second kappa shape index (κ2) is 6.41. The Hall–Kier alpha value is -2.65. The smallest absolute Gasteiger partial charge is 0.416 e. The van der Waals surface area contributed by atoms with Crippen LogP contribution in [-0.4, -0.2) is 31.1 Å². The highest BCUT2D eigenvalue weighted by molar-refractivity contribution is 6.01. The first-order valence-corrected chi connectivity index (χ1v) is 5.64. The number of nitrogens with zero attached hydrogens (tertiary/aromatic N) is 1. The molecule has 120 valence electrons. The van der Waals surface area contributed by atoms with Gasteiger partial charge in [0.25, 0.3) is 5.69 Å². The number of hydrogen-bond donors (Lipinski definition) is 0. The molecule has 1 rings (SSSR count). The molecule has 10 heteroatoms. The summed E-state index contributed by atoms with van der Waals surface area (Å²) in [5, 5.41) is 10.9. The number of alkyl halides is 3. The van der Waals surface area contributed by atoms with Crippen LogP contribution in [-0.2, 0) is 25.2 Å². The molecule has 0 radical (unpaired) electrons. The molecule has 0 fully saturated rings. The van der Waals surface area contributed by atoms with Gasteiger partial charge < -0.3 is 9.47 Å². The molecular weight excluding hydrogens is 311 g/mol. The molecule has 0 aliphatic carbocycles. The highest BCUT2D eigenvalue weighted by Crippen LogP contribution is 2.36. The van der Waals surface area contributed by atoms with Gasteiger partial charge in [0, 0.05) is 6.07 Å². The van der Waals surface area contributed by atoms with Crippen LogP contribution >= 0.6 is 0 Å². The summed E-state index contributed by atoms with van der Waals surface area (Å²) in [5.74, 6) is -4.53. The molecule has 1 aromatic carbocycles. The van der Waals surface area contributed by atoms with Gasteiger partial charge in [0.05, 0.1) is 30.3 Å². The normalized spacial score (nSPS) is 11.2. The number of hydrogen-bond acceptors (Lipinski definition) is 6. The van der Waals surface area contributed by atoms with Crippen molar-refractivity contribution < 1.29 is 37.2 Å². The largest absolute Gasteiger partial charge is 0.468 e.